The molecule has 76 valence electrons. The molecule has 0 amide bonds. The molecule has 0 aliphatic heterocycles. The monoisotopic (exact) mass is 188 g/mol. The predicted octanol–water partition coefficient (Wildman–Crippen LogP) is 0.851. The first-order valence-corrected chi connectivity index (χ1v) is 4.20. The van der Waals surface area contributed by atoms with E-state index in [4.69, 9.17) is 9.84 Å². The van der Waals surface area contributed by atoms with E-state index >= 15 is 0 Å². The number of ether oxygens (including phenoxy) is 2. The van der Waals surface area contributed by atoms with Crippen LogP contribution in [0.4, 0.5) is 0 Å². The van der Waals surface area contributed by atoms with Crippen molar-refractivity contribution >= 4 is 5.97 Å². The van der Waals surface area contributed by atoms with Crippen LogP contribution in [0.1, 0.15) is 19.8 Å². The fourth-order valence-corrected chi connectivity index (χ4v) is 0.674. The molecule has 1 unspecified atom stereocenters. The second kappa shape index (κ2) is 7.76. The first-order chi connectivity index (χ1) is 6.16. The van der Waals surface area contributed by atoms with Crippen molar-refractivity contribution in [1.29, 1.82) is 0 Å². The van der Waals surface area contributed by atoms with Crippen LogP contribution in [0.15, 0.2) is 12.7 Å². The number of carbonyl (C=O) groups excluding carboxylic acids is 1. The summed E-state index contributed by atoms with van der Waals surface area (Å²) in [6, 6.07) is 0. The van der Waals surface area contributed by atoms with Crippen LogP contribution in [0.3, 0.4) is 0 Å². The second-order valence-electron chi connectivity index (χ2n) is 2.53. The summed E-state index contributed by atoms with van der Waals surface area (Å²) in [5.74, 6) is -0.349. The third kappa shape index (κ3) is 9.04. The van der Waals surface area contributed by atoms with Crippen LogP contribution >= 0.6 is 0 Å². The zero-order valence-electron chi connectivity index (χ0n) is 7.86. The smallest absolute Gasteiger partial charge is 0.302 e. The van der Waals surface area contributed by atoms with Crippen LogP contribution < -0.4 is 0 Å². The van der Waals surface area contributed by atoms with Crippen LogP contribution in [0.2, 0.25) is 0 Å². The Labute approximate surface area is 78.2 Å². The summed E-state index contributed by atoms with van der Waals surface area (Å²) in [7, 11) is 0. The number of hydrogen-bond donors (Lipinski definition) is 1. The molecule has 0 radical (unpaired) electrons. The van der Waals surface area contributed by atoms with Crippen molar-refractivity contribution < 1.29 is 19.4 Å². The van der Waals surface area contributed by atoms with Gasteiger partial charge in [0.15, 0.2) is 6.29 Å². The van der Waals surface area contributed by atoms with E-state index in [1.54, 1.807) is 6.08 Å². The molecular weight excluding hydrogens is 172 g/mol. The van der Waals surface area contributed by atoms with Crippen molar-refractivity contribution in [3.05, 3.63) is 12.7 Å². The normalized spacial score (nSPS) is 12.2. The Hall–Kier alpha value is -0.870. The predicted molar refractivity (Wildman–Crippen MR) is 48.0 cm³/mol. The van der Waals surface area contributed by atoms with Gasteiger partial charge in [-0.15, -0.1) is 6.58 Å². The van der Waals surface area contributed by atoms with E-state index in [1.807, 2.05) is 0 Å². The van der Waals surface area contributed by atoms with Crippen molar-refractivity contribution in [2.75, 3.05) is 13.2 Å². The molecule has 0 aromatic heterocycles. The maximum absolute atomic E-state index is 10.3. The lowest BCUT2D eigenvalue weighted by Crippen LogP contribution is -2.16. The molecule has 0 spiro atoms. The Balaban J connectivity index is 3.24. The highest BCUT2D eigenvalue weighted by Gasteiger charge is 2.03. The summed E-state index contributed by atoms with van der Waals surface area (Å²) in [5, 5.41) is 9.14. The number of rotatable bonds is 7. The second-order valence-corrected chi connectivity index (χ2v) is 2.53. The molecule has 0 aliphatic carbocycles. The van der Waals surface area contributed by atoms with Gasteiger partial charge >= 0.3 is 5.97 Å². The average molecular weight is 188 g/mol. The first-order valence-electron chi connectivity index (χ1n) is 4.20. The number of aliphatic hydroxyl groups excluding tert-OH is 1. The molecule has 13 heavy (non-hydrogen) atoms. The Bertz CT molecular complexity index is 156. The number of carbonyl (C=O) groups is 1. The van der Waals surface area contributed by atoms with E-state index in [9.17, 15) is 4.79 Å². The van der Waals surface area contributed by atoms with Crippen LogP contribution in [0, 0.1) is 0 Å². The minimum absolute atomic E-state index is 0.185. The van der Waals surface area contributed by atoms with Crippen molar-refractivity contribution in [1.82, 2.24) is 0 Å². The number of esters is 1. The van der Waals surface area contributed by atoms with Gasteiger partial charge in [0.1, 0.15) is 0 Å². The Morgan fingerprint density at radius 3 is 2.85 bits per heavy atom. The van der Waals surface area contributed by atoms with Gasteiger partial charge in [-0.1, -0.05) is 6.08 Å². The van der Waals surface area contributed by atoms with Gasteiger partial charge in [0.25, 0.3) is 0 Å². The fraction of sp³-hybridized carbons (Fsp3) is 0.667. The van der Waals surface area contributed by atoms with Crippen molar-refractivity contribution in [2.45, 2.75) is 26.1 Å². The molecule has 0 aliphatic rings. The van der Waals surface area contributed by atoms with Crippen molar-refractivity contribution in [2.24, 2.45) is 0 Å². The molecule has 0 heterocycles. The number of hydrogen-bond acceptors (Lipinski definition) is 4. The molecule has 0 aromatic carbocycles. The summed E-state index contributed by atoms with van der Waals surface area (Å²) < 4.78 is 9.58. The molecule has 0 rings (SSSR count). The molecular formula is C9H16O4. The van der Waals surface area contributed by atoms with E-state index in [-0.39, 0.29) is 12.6 Å². The summed E-state index contributed by atoms with van der Waals surface area (Å²) in [6.07, 6.45) is 1.85. The Morgan fingerprint density at radius 2 is 2.31 bits per heavy atom. The van der Waals surface area contributed by atoms with Crippen LogP contribution in [-0.2, 0) is 14.3 Å². The van der Waals surface area contributed by atoms with E-state index in [1.165, 1.54) is 6.92 Å². The maximum Gasteiger partial charge on any atom is 0.302 e. The third-order valence-corrected chi connectivity index (χ3v) is 1.30. The molecule has 0 saturated carbocycles. The molecule has 4 heteroatoms. The lowest BCUT2D eigenvalue weighted by atomic mass is 10.4. The molecule has 1 atom stereocenters. The largest absolute Gasteiger partial charge is 0.466 e. The lowest BCUT2D eigenvalue weighted by Gasteiger charge is -2.10. The zero-order chi connectivity index (χ0) is 10.1. The average Bonchev–Trinajstić information content (AvgIpc) is 2.04. The van der Waals surface area contributed by atoms with Gasteiger partial charge in [0.2, 0.25) is 0 Å². The lowest BCUT2D eigenvalue weighted by molar-refractivity contribution is -0.146. The molecule has 0 fully saturated rings. The highest BCUT2D eigenvalue weighted by Crippen LogP contribution is 1.96. The van der Waals surface area contributed by atoms with Gasteiger partial charge in [-0.25, -0.2) is 0 Å². The SMILES string of the molecule is C=CCCOC(O)CCOC(C)=O. The summed E-state index contributed by atoms with van der Waals surface area (Å²) in [5.41, 5.74) is 0. The van der Waals surface area contributed by atoms with Gasteiger partial charge in [-0.2, -0.15) is 0 Å². The Morgan fingerprint density at radius 1 is 1.62 bits per heavy atom. The van der Waals surface area contributed by atoms with Crippen LogP contribution in [0.25, 0.3) is 0 Å². The van der Waals surface area contributed by atoms with Crippen LogP contribution in [-0.4, -0.2) is 30.6 Å². The highest BCUT2D eigenvalue weighted by molar-refractivity contribution is 5.65. The van der Waals surface area contributed by atoms with E-state index in [0.29, 0.717) is 19.4 Å². The summed E-state index contributed by atoms with van der Waals surface area (Å²) in [4.78, 5) is 10.3. The molecule has 0 saturated heterocycles. The van der Waals surface area contributed by atoms with Crippen molar-refractivity contribution in [3.63, 3.8) is 0 Å². The van der Waals surface area contributed by atoms with E-state index < -0.39 is 6.29 Å². The van der Waals surface area contributed by atoms with Crippen molar-refractivity contribution in [3.8, 4) is 0 Å². The van der Waals surface area contributed by atoms with Gasteiger partial charge in [-0.05, 0) is 6.42 Å². The van der Waals surface area contributed by atoms with Gasteiger partial charge in [0.05, 0.1) is 13.2 Å². The Kier molecular flexibility index (Phi) is 7.24. The minimum atomic E-state index is -0.862. The summed E-state index contributed by atoms with van der Waals surface area (Å²) in [6.45, 7) is 5.46. The zero-order valence-corrected chi connectivity index (χ0v) is 7.86. The topological polar surface area (TPSA) is 55.8 Å². The minimum Gasteiger partial charge on any atom is -0.466 e. The summed E-state index contributed by atoms with van der Waals surface area (Å²) >= 11 is 0. The first kappa shape index (κ1) is 12.1. The fourth-order valence-electron chi connectivity index (χ4n) is 0.674. The van der Waals surface area contributed by atoms with E-state index in [0.717, 1.165) is 0 Å². The quantitative estimate of drug-likeness (QED) is 0.278. The molecule has 0 aromatic rings. The molecule has 0 bridgehead atoms. The van der Waals surface area contributed by atoms with Gasteiger partial charge in [0, 0.05) is 13.3 Å². The third-order valence-electron chi connectivity index (χ3n) is 1.30. The standard InChI is InChI=1S/C9H16O4/c1-3-4-6-13-9(11)5-7-12-8(2)10/h3,9,11H,1,4-7H2,2H3. The maximum atomic E-state index is 10.3. The number of aliphatic hydroxyl groups is 1. The van der Waals surface area contributed by atoms with Gasteiger partial charge in [-0.3, -0.25) is 4.79 Å². The van der Waals surface area contributed by atoms with Gasteiger partial charge < -0.3 is 14.6 Å². The van der Waals surface area contributed by atoms with E-state index in [2.05, 4.69) is 11.3 Å². The van der Waals surface area contributed by atoms with Crippen LogP contribution in [0.5, 0.6) is 0 Å². The highest BCUT2D eigenvalue weighted by atomic mass is 16.6. The molecule has 1 N–H and O–H groups in total. The molecule has 4 nitrogen and oxygen atoms in total.